The summed E-state index contributed by atoms with van der Waals surface area (Å²) in [6, 6.07) is 3.61. The number of hydrogen-bond acceptors (Lipinski definition) is 3. The zero-order valence-electron chi connectivity index (χ0n) is 12.8. The number of amides is 1. The van der Waals surface area contributed by atoms with E-state index in [9.17, 15) is 9.59 Å². The molecular formula is C16H23NO4. The van der Waals surface area contributed by atoms with Crippen LogP contribution in [0.2, 0.25) is 0 Å². The predicted molar refractivity (Wildman–Crippen MR) is 80.7 cm³/mol. The summed E-state index contributed by atoms with van der Waals surface area (Å²) < 4.78 is 5.32. The van der Waals surface area contributed by atoms with Crippen molar-refractivity contribution in [3.63, 3.8) is 0 Å². The van der Waals surface area contributed by atoms with Crippen molar-refractivity contribution in [2.45, 2.75) is 33.6 Å². The van der Waals surface area contributed by atoms with E-state index in [0.717, 1.165) is 12.2 Å². The van der Waals surface area contributed by atoms with E-state index in [1.807, 2.05) is 26.8 Å². The summed E-state index contributed by atoms with van der Waals surface area (Å²) >= 11 is 0. The van der Waals surface area contributed by atoms with Crippen LogP contribution in [0.4, 0.5) is 0 Å². The molecule has 2 N–H and O–H groups in total. The number of carbonyl (C=O) groups is 2. The molecule has 1 aromatic rings. The van der Waals surface area contributed by atoms with Crippen LogP contribution in [-0.4, -0.2) is 23.5 Å². The standard InChI is InChI=1S/C16H23NO4/c1-11(2)8-13(9-16(19)20)10-17-15(18)7-6-14-5-4-12(3)21-14/h4-7,11,13H,8-10H2,1-3H3,(H,17,18)(H,19,20)/t13-/m0/s1. The Bertz CT molecular complexity index is 502. The molecule has 1 atom stereocenters. The smallest absolute Gasteiger partial charge is 0.303 e. The van der Waals surface area contributed by atoms with Crippen LogP contribution in [0.25, 0.3) is 6.08 Å². The summed E-state index contributed by atoms with van der Waals surface area (Å²) in [7, 11) is 0. The second-order valence-corrected chi connectivity index (χ2v) is 5.62. The molecule has 1 amide bonds. The Hall–Kier alpha value is -2.04. The zero-order chi connectivity index (χ0) is 15.8. The van der Waals surface area contributed by atoms with E-state index < -0.39 is 5.97 Å². The molecule has 0 aliphatic heterocycles. The zero-order valence-corrected chi connectivity index (χ0v) is 12.8. The minimum Gasteiger partial charge on any atom is -0.481 e. The molecule has 0 fully saturated rings. The normalized spacial score (nSPS) is 12.8. The Labute approximate surface area is 125 Å². The molecule has 0 bridgehead atoms. The first-order chi connectivity index (χ1) is 9.86. The maximum Gasteiger partial charge on any atom is 0.303 e. The van der Waals surface area contributed by atoms with Crippen LogP contribution < -0.4 is 5.32 Å². The molecule has 5 heteroatoms. The van der Waals surface area contributed by atoms with Gasteiger partial charge < -0.3 is 14.8 Å². The maximum absolute atomic E-state index is 11.7. The van der Waals surface area contributed by atoms with Gasteiger partial charge in [0.2, 0.25) is 5.91 Å². The lowest BCUT2D eigenvalue weighted by molar-refractivity contribution is -0.138. The van der Waals surface area contributed by atoms with Crippen LogP contribution in [0.1, 0.15) is 38.2 Å². The van der Waals surface area contributed by atoms with Gasteiger partial charge in [-0.1, -0.05) is 13.8 Å². The van der Waals surface area contributed by atoms with Gasteiger partial charge in [0, 0.05) is 19.0 Å². The molecule has 1 heterocycles. The summed E-state index contributed by atoms with van der Waals surface area (Å²) in [4.78, 5) is 22.5. The average Bonchev–Trinajstić information content (AvgIpc) is 2.78. The summed E-state index contributed by atoms with van der Waals surface area (Å²) in [5, 5.41) is 11.6. The van der Waals surface area contributed by atoms with Gasteiger partial charge in [-0.25, -0.2) is 0 Å². The van der Waals surface area contributed by atoms with Gasteiger partial charge in [0.15, 0.2) is 0 Å². The largest absolute Gasteiger partial charge is 0.481 e. The van der Waals surface area contributed by atoms with Crippen molar-refractivity contribution in [3.8, 4) is 0 Å². The number of hydrogen-bond donors (Lipinski definition) is 2. The minimum absolute atomic E-state index is 0.0503. The van der Waals surface area contributed by atoms with Crippen molar-refractivity contribution < 1.29 is 19.1 Å². The molecule has 116 valence electrons. The lowest BCUT2D eigenvalue weighted by atomic mass is 9.94. The van der Waals surface area contributed by atoms with E-state index in [4.69, 9.17) is 9.52 Å². The van der Waals surface area contributed by atoms with E-state index in [0.29, 0.717) is 18.2 Å². The lowest BCUT2D eigenvalue weighted by Crippen LogP contribution is -2.29. The summed E-state index contributed by atoms with van der Waals surface area (Å²) in [6.45, 7) is 6.27. The first-order valence-electron chi connectivity index (χ1n) is 7.11. The Morgan fingerprint density at radius 1 is 1.38 bits per heavy atom. The Morgan fingerprint density at radius 3 is 2.62 bits per heavy atom. The first kappa shape index (κ1) is 17.0. The quantitative estimate of drug-likeness (QED) is 0.722. The monoisotopic (exact) mass is 293 g/mol. The number of carboxylic acids is 1. The van der Waals surface area contributed by atoms with Crippen molar-refractivity contribution in [2.24, 2.45) is 11.8 Å². The number of furan rings is 1. The van der Waals surface area contributed by atoms with Gasteiger partial charge >= 0.3 is 5.97 Å². The third-order valence-electron chi connectivity index (χ3n) is 2.99. The van der Waals surface area contributed by atoms with Gasteiger partial charge in [-0.05, 0) is 43.4 Å². The van der Waals surface area contributed by atoms with Gasteiger partial charge in [-0.2, -0.15) is 0 Å². The van der Waals surface area contributed by atoms with E-state index in [1.165, 1.54) is 6.08 Å². The molecule has 21 heavy (non-hydrogen) atoms. The molecule has 1 aromatic heterocycles. The van der Waals surface area contributed by atoms with Crippen LogP contribution in [0.3, 0.4) is 0 Å². The second-order valence-electron chi connectivity index (χ2n) is 5.62. The molecule has 5 nitrogen and oxygen atoms in total. The van der Waals surface area contributed by atoms with Gasteiger partial charge in [0.25, 0.3) is 0 Å². The van der Waals surface area contributed by atoms with Crippen LogP contribution in [-0.2, 0) is 9.59 Å². The lowest BCUT2D eigenvalue weighted by Gasteiger charge is -2.17. The van der Waals surface area contributed by atoms with Crippen LogP contribution in [0.5, 0.6) is 0 Å². The van der Waals surface area contributed by atoms with E-state index in [-0.39, 0.29) is 18.2 Å². The highest BCUT2D eigenvalue weighted by atomic mass is 16.4. The van der Waals surface area contributed by atoms with Crippen LogP contribution >= 0.6 is 0 Å². The molecule has 0 unspecified atom stereocenters. The van der Waals surface area contributed by atoms with Crippen molar-refractivity contribution in [2.75, 3.05) is 6.54 Å². The predicted octanol–water partition coefficient (Wildman–Crippen LogP) is 2.85. The SMILES string of the molecule is Cc1ccc(C=CC(=O)NC[C@H](CC(=O)O)CC(C)C)o1. The molecule has 0 radical (unpaired) electrons. The van der Waals surface area contributed by atoms with E-state index in [1.54, 1.807) is 12.1 Å². The molecule has 0 aliphatic rings. The Balaban J connectivity index is 2.45. The number of rotatable bonds is 8. The molecule has 0 aliphatic carbocycles. The first-order valence-corrected chi connectivity index (χ1v) is 7.11. The Morgan fingerprint density at radius 2 is 2.10 bits per heavy atom. The highest BCUT2D eigenvalue weighted by Crippen LogP contribution is 2.14. The number of carboxylic acid groups (broad SMARTS) is 1. The molecular weight excluding hydrogens is 270 g/mol. The highest BCUT2D eigenvalue weighted by Gasteiger charge is 2.15. The van der Waals surface area contributed by atoms with Crippen molar-refractivity contribution in [3.05, 3.63) is 29.7 Å². The molecule has 0 aromatic carbocycles. The van der Waals surface area contributed by atoms with Crippen LogP contribution in [0, 0.1) is 18.8 Å². The number of aryl methyl sites for hydroxylation is 1. The number of carbonyl (C=O) groups excluding carboxylic acids is 1. The van der Waals surface area contributed by atoms with Crippen molar-refractivity contribution in [1.29, 1.82) is 0 Å². The minimum atomic E-state index is -0.837. The fourth-order valence-electron chi connectivity index (χ4n) is 2.16. The second kappa shape index (κ2) is 8.29. The average molecular weight is 293 g/mol. The summed E-state index contributed by atoms with van der Waals surface area (Å²) in [6.07, 6.45) is 3.83. The Kier molecular flexibility index (Phi) is 6.72. The molecule has 0 saturated heterocycles. The fourth-order valence-corrected chi connectivity index (χ4v) is 2.16. The van der Waals surface area contributed by atoms with Gasteiger partial charge in [0.1, 0.15) is 11.5 Å². The summed E-state index contributed by atoms with van der Waals surface area (Å²) in [5.41, 5.74) is 0. The molecule has 0 saturated carbocycles. The third-order valence-corrected chi connectivity index (χ3v) is 2.99. The van der Waals surface area contributed by atoms with E-state index in [2.05, 4.69) is 5.32 Å². The third kappa shape index (κ3) is 7.34. The number of aliphatic carboxylic acids is 1. The van der Waals surface area contributed by atoms with Gasteiger partial charge in [-0.3, -0.25) is 9.59 Å². The topological polar surface area (TPSA) is 79.5 Å². The maximum atomic E-state index is 11.7. The molecule has 0 spiro atoms. The van der Waals surface area contributed by atoms with Crippen LogP contribution in [0.15, 0.2) is 22.6 Å². The highest BCUT2D eigenvalue weighted by molar-refractivity contribution is 5.91. The number of nitrogens with one attached hydrogen (secondary N) is 1. The van der Waals surface area contributed by atoms with Crippen molar-refractivity contribution >= 4 is 18.0 Å². The fraction of sp³-hybridized carbons (Fsp3) is 0.500. The summed E-state index contributed by atoms with van der Waals surface area (Å²) in [5.74, 6) is 0.665. The van der Waals surface area contributed by atoms with Crippen molar-refractivity contribution in [1.82, 2.24) is 5.32 Å². The van der Waals surface area contributed by atoms with E-state index >= 15 is 0 Å². The van der Waals surface area contributed by atoms with Gasteiger partial charge in [0.05, 0.1) is 0 Å². The van der Waals surface area contributed by atoms with Gasteiger partial charge in [-0.15, -0.1) is 0 Å². The molecule has 1 rings (SSSR count).